The first-order valence-corrected chi connectivity index (χ1v) is 3.75. The zero-order valence-electron chi connectivity index (χ0n) is 6.52. The van der Waals surface area contributed by atoms with Crippen LogP contribution in [0.3, 0.4) is 0 Å². The molecular formula is C8H12AgO2. The fraction of sp³-hybridized carbons (Fsp3) is 0.750. The van der Waals surface area contributed by atoms with Gasteiger partial charge in [-0.3, -0.25) is 9.59 Å². The Labute approximate surface area is 82.2 Å². The van der Waals surface area contributed by atoms with Gasteiger partial charge in [-0.2, -0.15) is 0 Å². The molecule has 1 aliphatic carbocycles. The molecule has 0 aromatic carbocycles. The van der Waals surface area contributed by atoms with Gasteiger partial charge in [0.15, 0.2) is 0 Å². The average Bonchev–Trinajstić information content (AvgIpc) is 1.88. The molecule has 67 valence electrons. The summed E-state index contributed by atoms with van der Waals surface area (Å²) in [4.78, 5) is 21.8. The summed E-state index contributed by atoms with van der Waals surface area (Å²) in [5.41, 5.74) is 0. The number of carbonyl (C=O) groups is 2. The number of hydrogen-bond acceptors (Lipinski definition) is 2. The summed E-state index contributed by atoms with van der Waals surface area (Å²) in [6.45, 7) is 1.51. The maximum absolute atomic E-state index is 11.0. The maximum Gasteiger partial charge on any atom is 0.143 e. The topological polar surface area (TPSA) is 34.1 Å². The molecule has 1 rings (SSSR count). The summed E-state index contributed by atoms with van der Waals surface area (Å²) < 4.78 is 0. The summed E-state index contributed by atoms with van der Waals surface area (Å²) in [5, 5.41) is 0. The van der Waals surface area contributed by atoms with Crippen LogP contribution in [-0.2, 0) is 32.0 Å². The van der Waals surface area contributed by atoms with Gasteiger partial charge in [-0.15, -0.1) is 0 Å². The summed E-state index contributed by atoms with van der Waals surface area (Å²) >= 11 is 0. The van der Waals surface area contributed by atoms with Crippen molar-refractivity contribution in [2.45, 2.75) is 32.6 Å². The first kappa shape index (κ1) is 11.1. The molecule has 0 amide bonds. The van der Waals surface area contributed by atoms with Crippen molar-refractivity contribution < 1.29 is 32.0 Å². The Balaban J connectivity index is 0.000001000. The van der Waals surface area contributed by atoms with Crippen LogP contribution in [0.25, 0.3) is 0 Å². The zero-order valence-corrected chi connectivity index (χ0v) is 8.01. The third kappa shape index (κ3) is 2.89. The molecule has 1 aliphatic rings. The van der Waals surface area contributed by atoms with Gasteiger partial charge in [0.2, 0.25) is 0 Å². The largest absolute Gasteiger partial charge is 0.299 e. The van der Waals surface area contributed by atoms with Gasteiger partial charge in [-0.25, -0.2) is 0 Å². The van der Waals surface area contributed by atoms with Crippen molar-refractivity contribution in [3.8, 4) is 0 Å². The van der Waals surface area contributed by atoms with E-state index in [-0.39, 0.29) is 39.9 Å². The van der Waals surface area contributed by atoms with Gasteiger partial charge in [0.25, 0.3) is 0 Å². The minimum absolute atomic E-state index is 0. The summed E-state index contributed by atoms with van der Waals surface area (Å²) in [6.07, 6.45) is 3.41. The van der Waals surface area contributed by atoms with E-state index in [0.29, 0.717) is 6.42 Å². The second kappa shape index (κ2) is 4.86. The van der Waals surface area contributed by atoms with Gasteiger partial charge in [0.05, 0.1) is 5.92 Å². The first-order valence-electron chi connectivity index (χ1n) is 3.75. The quantitative estimate of drug-likeness (QED) is 0.518. The molecule has 3 heteroatoms. The van der Waals surface area contributed by atoms with E-state index in [9.17, 15) is 9.59 Å². The second-order valence-corrected chi connectivity index (χ2v) is 2.88. The molecule has 1 atom stereocenters. The molecule has 0 aliphatic heterocycles. The van der Waals surface area contributed by atoms with E-state index in [0.717, 1.165) is 19.3 Å². The molecule has 0 N–H and O–H groups in total. The van der Waals surface area contributed by atoms with Crippen molar-refractivity contribution in [1.29, 1.82) is 0 Å². The number of hydrogen-bond donors (Lipinski definition) is 0. The van der Waals surface area contributed by atoms with Crippen molar-refractivity contribution in [1.82, 2.24) is 0 Å². The van der Waals surface area contributed by atoms with Crippen LogP contribution in [0.1, 0.15) is 32.6 Å². The van der Waals surface area contributed by atoms with E-state index in [1.807, 2.05) is 0 Å². The number of rotatable bonds is 1. The Bertz CT molecular complexity index is 165. The molecule has 1 saturated carbocycles. The molecule has 0 saturated heterocycles. The molecule has 1 unspecified atom stereocenters. The third-order valence-corrected chi connectivity index (χ3v) is 2.05. The van der Waals surface area contributed by atoms with Gasteiger partial charge in [-0.1, -0.05) is 6.42 Å². The Morgan fingerprint density at radius 2 is 2.09 bits per heavy atom. The Hall–Kier alpha value is 0.0803. The number of ketones is 2. The minimum Gasteiger partial charge on any atom is -0.299 e. The molecule has 0 heterocycles. The fourth-order valence-corrected chi connectivity index (χ4v) is 1.41. The first-order chi connectivity index (χ1) is 4.72. The third-order valence-electron chi connectivity index (χ3n) is 2.05. The summed E-state index contributed by atoms with van der Waals surface area (Å²) in [6, 6.07) is 0. The van der Waals surface area contributed by atoms with E-state index >= 15 is 0 Å². The zero-order chi connectivity index (χ0) is 7.56. The van der Waals surface area contributed by atoms with Gasteiger partial charge < -0.3 is 0 Å². The molecule has 2 nitrogen and oxygen atoms in total. The standard InChI is InChI=1S/C8H12O2.Ag/c1-6(9)7-4-2-3-5-8(7)10;/h7H,2-5H2,1H3;. The van der Waals surface area contributed by atoms with Crippen molar-refractivity contribution in [3.63, 3.8) is 0 Å². The van der Waals surface area contributed by atoms with Crippen LogP contribution in [0.2, 0.25) is 0 Å². The van der Waals surface area contributed by atoms with Crippen LogP contribution >= 0.6 is 0 Å². The van der Waals surface area contributed by atoms with Crippen LogP contribution in [0.5, 0.6) is 0 Å². The Morgan fingerprint density at radius 3 is 2.45 bits per heavy atom. The molecule has 1 radical (unpaired) electrons. The Morgan fingerprint density at radius 1 is 1.45 bits per heavy atom. The molecular weight excluding hydrogens is 236 g/mol. The SMILES string of the molecule is CC(=O)C1CCCCC1=O.[Ag]. The molecule has 0 spiro atoms. The predicted octanol–water partition coefficient (Wildman–Crippen LogP) is 1.33. The number of Topliss-reactive ketones (excluding diaryl/α,β-unsaturated/α-hetero) is 2. The second-order valence-electron chi connectivity index (χ2n) is 2.88. The summed E-state index contributed by atoms with van der Waals surface area (Å²) in [7, 11) is 0. The van der Waals surface area contributed by atoms with Crippen LogP contribution in [0, 0.1) is 5.92 Å². The van der Waals surface area contributed by atoms with Gasteiger partial charge in [-0.05, 0) is 19.8 Å². The molecule has 0 bridgehead atoms. The predicted molar refractivity (Wildman–Crippen MR) is 37.6 cm³/mol. The van der Waals surface area contributed by atoms with E-state index in [4.69, 9.17) is 0 Å². The molecule has 11 heavy (non-hydrogen) atoms. The summed E-state index contributed by atoms with van der Waals surface area (Å²) in [5.74, 6) is -0.0581. The van der Waals surface area contributed by atoms with E-state index in [1.54, 1.807) is 0 Å². The van der Waals surface area contributed by atoms with Crippen LogP contribution in [0.4, 0.5) is 0 Å². The number of carbonyl (C=O) groups excluding carboxylic acids is 2. The molecule has 1 fully saturated rings. The van der Waals surface area contributed by atoms with Gasteiger partial charge in [0.1, 0.15) is 11.6 Å². The van der Waals surface area contributed by atoms with E-state index < -0.39 is 0 Å². The normalized spacial score (nSPS) is 24.1. The monoisotopic (exact) mass is 247 g/mol. The average molecular weight is 248 g/mol. The van der Waals surface area contributed by atoms with Crippen molar-refractivity contribution in [2.24, 2.45) is 5.92 Å². The molecule has 0 aromatic rings. The van der Waals surface area contributed by atoms with Crippen LogP contribution in [-0.4, -0.2) is 11.6 Å². The minimum atomic E-state index is -0.256. The maximum atomic E-state index is 11.0. The molecule has 0 aromatic heterocycles. The van der Waals surface area contributed by atoms with E-state index in [1.165, 1.54) is 6.92 Å². The van der Waals surface area contributed by atoms with Gasteiger partial charge in [0, 0.05) is 28.8 Å². The van der Waals surface area contributed by atoms with E-state index in [2.05, 4.69) is 0 Å². The van der Waals surface area contributed by atoms with Crippen LogP contribution in [0.15, 0.2) is 0 Å². The Kier molecular flexibility index (Phi) is 4.89. The fourth-order valence-electron chi connectivity index (χ4n) is 1.41. The smallest absolute Gasteiger partial charge is 0.143 e. The van der Waals surface area contributed by atoms with Gasteiger partial charge >= 0.3 is 0 Å². The van der Waals surface area contributed by atoms with Crippen molar-refractivity contribution in [2.75, 3.05) is 0 Å². The van der Waals surface area contributed by atoms with Crippen LogP contribution < -0.4 is 0 Å². The van der Waals surface area contributed by atoms with Crippen molar-refractivity contribution >= 4 is 11.6 Å². The van der Waals surface area contributed by atoms with Crippen molar-refractivity contribution in [3.05, 3.63) is 0 Å².